The Morgan fingerprint density at radius 3 is 2.18 bits per heavy atom. The molecule has 14 heteroatoms. The highest BCUT2D eigenvalue weighted by atomic mass is 19.1. The number of piperazine rings is 1. The van der Waals surface area contributed by atoms with Crippen molar-refractivity contribution < 1.29 is 37.3 Å². The van der Waals surface area contributed by atoms with Crippen molar-refractivity contribution in [2.75, 3.05) is 67.2 Å². The van der Waals surface area contributed by atoms with Crippen LogP contribution < -0.4 is 30.1 Å². The van der Waals surface area contributed by atoms with Crippen LogP contribution in [0.4, 0.5) is 35.4 Å². The van der Waals surface area contributed by atoms with Gasteiger partial charge in [-0.15, -0.1) is 0 Å². The van der Waals surface area contributed by atoms with Gasteiger partial charge in [0.25, 0.3) is 0 Å². The number of ether oxygens (including phenoxy) is 4. The van der Waals surface area contributed by atoms with Crippen LogP contribution in [-0.4, -0.2) is 88.8 Å². The maximum Gasteiger partial charge on any atom is 0.407 e. The fourth-order valence-electron chi connectivity index (χ4n) is 7.04. The molecule has 0 bridgehead atoms. The molecule has 0 spiro atoms. The van der Waals surface area contributed by atoms with E-state index in [1.54, 1.807) is 0 Å². The predicted octanol–water partition coefficient (Wildman–Crippen LogP) is 7.92. The summed E-state index contributed by atoms with van der Waals surface area (Å²) in [5.74, 6) is -0.253. The van der Waals surface area contributed by atoms with Crippen LogP contribution in [0.5, 0.6) is 5.75 Å². The molecule has 3 amide bonds. The van der Waals surface area contributed by atoms with E-state index in [-0.39, 0.29) is 24.0 Å². The van der Waals surface area contributed by atoms with E-state index in [0.29, 0.717) is 50.5 Å². The summed E-state index contributed by atoms with van der Waals surface area (Å²) in [5, 5.41) is 13.8. The van der Waals surface area contributed by atoms with E-state index in [1.165, 1.54) is 17.0 Å². The second kappa shape index (κ2) is 20.0. The standard InChI is InChI=1S/C43H58F2N6O6/c1-29(2)40(30(3)54-23-7-18-47-42(53)57-43(4,5)6)48-41(52)51(28-46)35-11-9-33(10-12-35)49-19-21-50(22-20-49)34-13-15-36(16-14-34)55-26-31-24-39(56-27-31)37-17-8-32(44)25-38(37)45/h8-17,25,28-31,39-40,46H,7,18-24,26-27H2,1-6H3,(H,47,53)(H,48,52). The topological polar surface area (TPSA) is 129 Å². The number of hydrogen-bond donors (Lipinski definition) is 3. The normalized spacial score (nSPS) is 18.2. The first-order chi connectivity index (χ1) is 27.2. The average Bonchev–Trinajstić information content (AvgIpc) is 3.64. The number of alkyl carbamates (subject to hydrolysis) is 1. The van der Waals surface area contributed by atoms with E-state index >= 15 is 0 Å². The lowest BCUT2D eigenvalue weighted by molar-refractivity contribution is 0.0275. The minimum atomic E-state index is -0.600. The minimum absolute atomic E-state index is 0.0689. The van der Waals surface area contributed by atoms with Gasteiger partial charge in [0.2, 0.25) is 0 Å². The molecule has 3 aromatic carbocycles. The molecule has 5 rings (SSSR count). The molecule has 2 fully saturated rings. The van der Waals surface area contributed by atoms with Crippen molar-refractivity contribution in [2.45, 2.75) is 78.2 Å². The maximum atomic E-state index is 14.2. The number of carbonyl (C=O) groups excluding carboxylic acids is 2. The highest BCUT2D eigenvalue weighted by Crippen LogP contribution is 2.34. The summed E-state index contributed by atoms with van der Waals surface area (Å²) in [4.78, 5) is 31.2. The first kappa shape index (κ1) is 43.2. The molecule has 2 aliphatic heterocycles. The summed E-state index contributed by atoms with van der Waals surface area (Å²) in [5.41, 5.74) is 2.55. The molecule has 0 aliphatic carbocycles. The molecule has 3 N–H and O–H groups in total. The average molecular weight is 793 g/mol. The Morgan fingerprint density at radius 1 is 0.965 bits per heavy atom. The van der Waals surface area contributed by atoms with Gasteiger partial charge in [-0.1, -0.05) is 19.9 Å². The van der Waals surface area contributed by atoms with Crippen LogP contribution in [0.3, 0.4) is 0 Å². The van der Waals surface area contributed by atoms with Gasteiger partial charge in [0.1, 0.15) is 23.0 Å². The Balaban J connectivity index is 1.04. The van der Waals surface area contributed by atoms with Crippen LogP contribution in [0.2, 0.25) is 0 Å². The number of anilines is 3. The summed E-state index contributed by atoms with van der Waals surface area (Å²) in [6.07, 6.45) is 1.04. The van der Waals surface area contributed by atoms with Crippen LogP contribution in [0.1, 0.15) is 66.1 Å². The Kier molecular flexibility index (Phi) is 15.1. The smallest absolute Gasteiger partial charge is 0.407 e. The molecule has 4 unspecified atom stereocenters. The Morgan fingerprint density at radius 2 is 1.60 bits per heavy atom. The van der Waals surface area contributed by atoms with E-state index in [1.807, 2.05) is 77.9 Å². The number of benzene rings is 3. The van der Waals surface area contributed by atoms with Crippen molar-refractivity contribution in [1.82, 2.24) is 10.6 Å². The largest absolute Gasteiger partial charge is 0.493 e. The number of carbonyl (C=O) groups is 2. The van der Waals surface area contributed by atoms with Crippen molar-refractivity contribution in [3.63, 3.8) is 0 Å². The van der Waals surface area contributed by atoms with E-state index in [4.69, 9.17) is 24.4 Å². The zero-order chi connectivity index (χ0) is 41.1. The minimum Gasteiger partial charge on any atom is -0.493 e. The lowest BCUT2D eigenvalue weighted by Crippen LogP contribution is -2.51. The van der Waals surface area contributed by atoms with Crippen LogP contribution >= 0.6 is 0 Å². The molecule has 3 aromatic rings. The molecule has 0 saturated carbocycles. The van der Waals surface area contributed by atoms with Crippen molar-refractivity contribution in [2.24, 2.45) is 11.8 Å². The van der Waals surface area contributed by atoms with Crippen molar-refractivity contribution in [3.05, 3.63) is 83.9 Å². The Bertz CT molecular complexity index is 1770. The predicted molar refractivity (Wildman–Crippen MR) is 219 cm³/mol. The number of nitrogens with zero attached hydrogens (tertiary/aromatic N) is 3. The summed E-state index contributed by atoms with van der Waals surface area (Å²) in [7, 11) is 0. The molecule has 2 saturated heterocycles. The third-order valence-corrected chi connectivity index (χ3v) is 10.1. The van der Waals surface area contributed by atoms with Gasteiger partial charge in [-0.3, -0.25) is 10.3 Å². The van der Waals surface area contributed by atoms with Gasteiger partial charge in [0.15, 0.2) is 0 Å². The second-order valence-corrected chi connectivity index (χ2v) is 16.0. The van der Waals surface area contributed by atoms with Crippen LogP contribution in [0.15, 0.2) is 66.7 Å². The van der Waals surface area contributed by atoms with E-state index in [9.17, 15) is 18.4 Å². The van der Waals surface area contributed by atoms with Gasteiger partial charge in [-0.2, -0.15) is 0 Å². The Labute approximate surface area is 335 Å². The number of nitrogens with one attached hydrogen (secondary N) is 3. The lowest BCUT2D eigenvalue weighted by atomic mass is 9.99. The first-order valence-corrected chi connectivity index (χ1v) is 19.8. The third-order valence-electron chi connectivity index (χ3n) is 10.1. The second-order valence-electron chi connectivity index (χ2n) is 16.0. The van der Waals surface area contributed by atoms with Crippen molar-refractivity contribution in [1.29, 1.82) is 5.41 Å². The zero-order valence-electron chi connectivity index (χ0n) is 33.9. The van der Waals surface area contributed by atoms with Gasteiger partial charge in [0.05, 0.1) is 43.5 Å². The van der Waals surface area contributed by atoms with Gasteiger partial charge in [0, 0.05) is 68.3 Å². The lowest BCUT2D eigenvalue weighted by Gasteiger charge is -2.37. The molecule has 4 atom stereocenters. The first-order valence-electron chi connectivity index (χ1n) is 19.8. The van der Waals surface area contributed by atoms with Gasteiger partial charge >= 0.3 is 12.1 Å². The van der Waals surface area contributed by atoms with E-state index in [2.05, 4.69) is 32.6 Å². The van der Waals surface area contributed by atoms with Gasteiger partial charge < -0.3 is 39.4 Å². The summed E-state index contributed by atoms with van der Waals surface area (Å²) in [6.45, 7) is 16.4. The monoisotopic (exact) mass is 792 g/mol. The quantitative estimate of drug-likeness (QED) is 0.0759. The third kappa shape index (κ3) is 12.5. The molecule has 2 aliphatic rings. The fourth-order valence-corrected chi connectivity index (χ4v) is 7.04. The molecule has 0 radical (unpaired) electrons. The maximum absolute atomic E-state index is 14.2. The van der Waals surface area contributed by atoms with Crippen LogP contribution in [-0.2, 0) is 14.2 Å². The number of halogens is 2. The van der Waals surface area contributed by atoms with Crippen LogP contribution in [0.25, 0.3) is 0 Å². The summed E-state index contributed by atoms with van der Waals surface area (Å²) in [6, 6.07) is 18.6. The molecule has 0 aromatic heterocycles. The van der Waals surface area contributed by atoms with Crippen molar-refractivity contribution >= 4 is 35.5 Å². The fraction of sp³-hybridized carbons (Fsp3) is 0.512. The molecule has 2 heterocycles. The molecular formula is C43H58F2N6O6. The van der Waals surface area contributed by atoms with Gasteiger partial charge in [-0.05, 0) is 101 Å². The number of hydrogen-bond acceptors (Lipinski definition) is 9. The van der Waals surface area contributed by atoms with E-state index < -0.39 is 35.5 Å². The molecule has 57 heavy (non-hydrogen) atoms. The van der Waals surface area contributed by atoms with Gasteiger partial charge in [-0.25, -0.2) is 18.4 Å². The molecule has 310 valence electrons. The van der Waals surface area contributed by atoms with E-state index in [0.717, 1.165) is 55.7 Å². The molecular weight excluding hydrogens is 735 g/mol. The SMILES string of the molecule is CC(C)C(NC(=O)N(C=N)c1ccc(N2CCN(c3ccc(OCC4COC(c5ccc(F)cc5F)C4)cc3)CC2)cc1)C(C)OCCCNC(=O)OC(C)(C)C. The van der Waals surface area contributed by atoms with Crippen LogP contribution in [0, 0.1) is 28.9 Å². The number of amides is 3. The summed E-state index contributed by atoms with van der Waals surface area (Å²) < 4.78 is 50.6. The Hall–Kier alpha value is -4.95. The number of urea groups is 1. The molecule has 12 nitrogen and oxygen atoms in total. The summed E-state index contributed by atoms with van der Waals surface area (Å²) >= 11 is 0. The number of rotatable bonds is 16. The van der Waals surface area contributed by atoms with Crippen molar-refractivity contribution in [3.8, 4) is 5.75 Å². The highest BCUT2D eigenvalue weighted by Gasteiger charge is 2.30. The zero-order valence-corrected chi connectivity index (χ0v) is 33.9. The highest BCUT2D eigenvalue weighted by molar-refractivity contribution is 6.06.